The van der Waals surface area contributed by atoms with Crippen LogP contribution in [0.5, 0.6) is 5.75 Å². The monoisotopic (exact) mass is 478 g/mol. The van der Waals surface area contributed by atoms with Gasteiger partial charge in [0.25, 0.3) is 0 Å². The van der Waals surface area contributed by atoms with Crippen molar-refractivity contribution in [2.24, 2.45) is 0 Å². The van der Waals surface area contributed by atoms with Gasteiger partial charge in [0.2, 0.25) is 15.9 Å². The molecule has 2 aromatic carbocycles. The summed E-state index contributed by atoms with van der Waals surface area (Å²) in [6, 6.07) is 11.8. The minimum absolute atomic E-state index is 0.131. The number of methoxy groups -OCH3 is 1. The highest BCUT2D eigenvalue weighted by atomic mass is 35.5. The molecular formula is C22H27ClN4O4S. The maximum atomic E-state index is 13.1. The number of amides is 1. The van der Waals surface area contributed by atoms with Gasteiger partial charge in [0.1, 0.15) is 16.7 Å². The van der Waals surface area contributed by atoms with Gasteiger partial charge in [-0.3, -0.25) is 4.79 Å². The molecule has 2 saturated heterocycles. The van der Waals surface area contributed by atoms with Crippen LogP contribution in [0.15, 0.2) is 47.4 Å². The van der Waals surface area contributed by atoms with E-state index in [1.165, 1.54) is 11.4 Å². The summed E-state index contributed by atoms with van der Waals surface area (Å²) >= 11 is 5.89. The van der Waals surface area contributed by atoms with Gasteiger partial charge < -0.3 is 10.1 Å². The third-order valence-corrected chi connectivity index (χ3v) is 8.04. The zero-order valence-corrected chi connectivity index (χ0v) is 19.4. The first-order valence-electron chi connectivity index (χ1n) is 10.6. The number of sulfonamides is 1. The van der Waals surface area contributed by atoms with E-state index in [2.05, 4.69) is 16.2 Å². The van der Waals surface area contributed by atoms with Crippen LogP contribution in [0.1, 0.15) is 36.4 Å². The highest BCUT2D eigenvalue weighted by molar-refractivity contribution is 7.89. The van der Waals surface area contributed by atoms with Crippen LogP contribution in [-0.2, 0) is 21.4 Å². The Bertz CT molecular complexity index is 1070. The van der Waals surface area contributed by atoms with E-state index in [4.69, 9.17) is 16.3 Å². The Morgan fingerprint density at radius 3 is 2.56 bits per heavy atom. The summed E-state index contributed by atoms with van der Waals surface area (Å²) in [6.07, 6.45) is 2.21. The molecule has 2 atom stereocenters. The zero-order valence-electron chi connectivity index (χ0n) is 17.8. The molecule has 2 fully saturated rings. The van der Waals surface area contributed by atoms with Crippen LogP contribution in [-0.4, -0.2) is 44.9 Å². The van der Waals surface area contributed by atoms with E-state index < -0.39 is 16.1 Å². The van der Waals surface area contributed by atoms with Gasteiger partial charge in [-0.2, -0.15) is 4.31 Å². The Hall–Kier alpha value is -2.17. The summed E-state index contributed by atoms with van der Waals surface area (Å²) in [5, 5.41) is 3.56. The molecule has 32 heavy (non-hydrogen) atoms. The minimum Gasteiger partial charge on any atom is -0.495 e. The van der Waals surface area contributed by atoms with E-state index in [1.807, 2.05) is 18.2 Å². The van der Waals surface area contributed by atoms with Gasteiger partial charge in [-0.15, -0.1) is 0 Å². The standard InChI is InChI=1S/C22H27ClN4O4S/c1-31-20-9-6-16(12-21(20)32(29,30)27-10-2-3-11-27)18-13-19(26-25-18)22(28)24-14-15-4-7-17(23)8-5-15/h4-9,12,18-19,25-26H,2-3,10-11,13-14H2,1H3,(H,24,28). The average molecular weight is 479 g/mol. The van der Waals surface area contributed by atoms with E-state index in [-0.39, 0.29) is 16.8 Å². The lowest BCUT2D eigenvalue weighted by molar-refractivity contribution is -0.123. The van der Waals surface area contributed by atoms with E-state index in [9.17, 15) is 13.2 Å². The van der Waals surface area contributed by atoms with Gasteiger partial charge in [0, 0.05) is 30.7 Å². The second kappa shape index (κ2) is 9.76. The number of benzene rings is 2. The van der Waals surface area contributed by atoms with Crippen molar-refractivity contribution in [1.29, 1.82) is 0 Å². The minimum atomic E-state index is -3.63. The maximum absolute atomic E-state index is 13.1. The van der Waals surface area contributed by atoms with Gasteiger partial charge in [0.05, 0.1) is 7.11 Å². The number of nitrogens with one attached hydrogen (secondary N) is 3. The SMILES string of the molecule is COc1ccc(C2CC(C(=O)NCc3ccc(Cl)cc3)NN2)cc1S(=O)(=O)N1CCCC1. The predicted octanol–water partition coefficient (Wildman–Crippen LogP) is 2.36. The molecule has 0 spiro atoms. The summed E-state index contributed by atoms with van der Waals surface area (Å²) in [4.78, 5) is 12.8. The fourth-order valence-corrected chi connectivity index (χ4v) is 5.87. The third kappa shape index (κ3) is 4.92. The third-order valence-electron chi connectivity index (χ3n) is 5.87. The number of carbonyl (C=O) groups is 1. The summed E-state index contributed by atoms with van der Waals surface area (Å²) in [5.41, 5.74) is 7.87. The lowest BCUT2D eigenvalue weighted by atomic mass is 10.0. The van der Waals surface area contributed by atoms with Crippen molar-refractivity contribution in [2.45, 2.75) is 42.8 Å². The molecule has 0 saturated carbocycles. The number of carbonyl (C=O) groups excluding carboxylic acids is 1. The number of ether oxygens (including phenoxy) is 1. The number of rotatable bonds is 7. The topological polar surface area (TPSA) is 99.8 Å². The summed E-state index contributed by atoms with van der Waals surface area (Å²) in [6.45, 7) is 1.45. The van der Waals surface area contributed by atoms with Crippen LogP contribution >= 0.6 is 11.6 Å². The molecule has 2 heterocycles. The van der Waals surface area contributed by atoms with Gasteiger partial charge in [-0.05, 0) is 54.7 Å². The van der Waals surface area contributed by atoms with Gasteiger partial charge >= 0.3 is 0 Å². The molecule has 1 amide bonds. The zero-order chi connectivity index (χ0) is 22.7. The largest absolute Gasteiger partial charge is 0.495 e. The van der Waals surface area contributed by atoms with Crippen LogP contribution in [0.25, 0.3) is 0 Å². The Morgan fingerprint density at radius 2 is 1.88 bits per heavy atom. The summed E-state index contributed by atoms with van der Waals surface area (Å²) < 4.78 is 33.1. The molecule has 3 N–H and O–H groups in total. The van der Waals surface area contributed by atoms with Crippen LogP contribution in [0.2, 0.25) is 5.02 Å². The number of hydrogen-bond acceptors (Lipinski definition) is 6. The van der Waals surface area contributed by atoms with Gasteiger partial charge in [-0.25, -0.2) is 19.3 Å². The van der Waals surface area contributed by atoms with E-state index in [0.717, 1.165) is 24.0 Å². The molecule has 2 aliphatic heterocycles. The van der Waals surface area contributed by atoms with Crippen molar-refractivity contribution in [3.63, 3.8) is 0 Å². The lowest BCUT2D eigenvalue weighted by Crippen LogP contribution is -2.42. The molecular weight excluding hydrogens is 452 g/mol. The van der Waals surface area contributed by atoms with Crippen molar-refractivity contribution >= 4 is 27.5 Å². The van der Waals surface area contributed by atoms with Crippen molar-refractivity contribution in [3.05, 3.63) is 58.6 Å². The molecule has 2 aliphatic rings. The molecule has 0 radical (unpaired) electrons. The fourth-order valence-electron chi connectivity index (χ4n) is 4.04. The van der Waals surface area contributed by atoms with E-state index >= 15 is 0 Å². The molecule has 4 rings (SSSR count). The predicted molar refractivity (Wildman–Crippen MR) is 122 cm³/mol. The second-order valence-electron chi connectivity index (χ2n) is 8.00. The Morgan fingerprint density at radius 1 is 1.16 bits per heavy atom. The van der Waals surface area contributed by atoms with Crippen molar-refractivity contribution in [1.82, 2.24) is 20.5 Å². The van der Waals surface area contributed by atoms with E-state index in [0.29, 0.717) is 36.8 Å². The van der Waals surface area contributed by atoms with Crippen LogP contribution in [0, 0.1) is 0 Å². The smallest absolute Gasteiger partial charge is 0.246 e. The maximum Gasteiger partial charge on any atom is 0.246 e. The number of hydrogen-bond donors (Lipinski definition) is 3. The Balaban J connectivity index is 1.44. The molecule has 2 unspecified atom stereocenters. The number of hydrazine groups is 1. The van der Waals surface area contributed by atoms with Gasteiger partial charge in [-0.1, -0.05) is 29.8 Å². The highest BCUT2D eigenvalue weighted by Gasteiger charge is 2.33. The fraction of sp³-hybridized carbons (Fsp3) is 0.409. The first-order chi connectivity index (χ1) is 15.4. The normalized spacial score (nSPS) is 21.6. The second-order valence-corrected chi connectivity index (χ2v) is 10.3. The van der Waals surface area contributed by atoms with Crippen molar-refractivity contribution < 1.29 is 17.9 Å². The van der Waals surface area contributed by atoms with Crippen LogP contribution in [0.3, 0.4) is 0 Å². The number of halogens is 1. The molecule has 2 aromatic rings. The molecule has 0 bridgehead atoms. The Kier molecular flexibility index (Phi) is 7.02. The average Bonchev–Trinajstić information content (AvgIpc) is 3.51. The molecule has 172 valence electrons. The van der Waals surface area contributed by atoms with E-state index in [1.54, 1.807) is 24.3 Å². The summed E-state index contributed by atoms with van der Waals surface area (Å²) in [5.74, 6) is 0.192. The molecule has 10 heteroatoms. The quantitative estimate of drug-likeness (QED) is 0.565. The highest BCUT2D eigenvalue weighted by Crippen LogP contribution is 2.33. The number of nitrogens with zero attached hydrogens (tertiary/aromatic N) is 1. The van der Waals surface area contributed by atoms with Crippen LogP contribution in [0.4, 0.5) is 0 Å². The Labute approximate surface area is 193 Å². The first kappa shape index (κ1) is 23.0. The molecule has 8 nitrogen and oxygen atoms in total. The molecule has 0 aliphatic carbocycles. The molecule has 0 aromatic heterocycles. The van der Waals surface area contributed by atoms with Crippen molar-refractivity contribution in [2.75, 3.05) is 20.2 Å². The van der Waals surface area contributed by atoms with Gasteiger partial charge in [0.15, 0.2) is 0 Å². The van der Waals surface area contributed by atoms with Crippen molar-refractivity contribution in [3.8, 4) is 5.75 Å². The van der Waals surface area contributed by atoms with Crippen LogP contribution < -0.4 is 20.9 Å². The lowest BCUT2D eigenvalue weighted by Gasteiger charge is -2.19. The summed E-state index contributed by atoms with van der Waals surface area (Å²) in [7, 11) is -2.17. The first-order valence-corrected chi connectivity index (χ1v) is 12.4.